The van der Waals surface area contributed by atoms with E-state index >= 15 is 0 Å². The predicted octanol–water partition coefficient (Wildman–Crippen LogP) is 1.64. The molecule has 1 aromatic heterocycles. The molecule has 0 radical (unpaired) electrons. The highest BCUT2D eigenvalue weighted by Gasteiger charge is 2.25. The van der Waals surface area contributed by atoms with Gasteiger partial charge in [-0.25, -0.2) is 9.82 Å². The van der Waals surface area contributed by atoms with Crippen molar-refractivity contribution in [1.29, 1.82) is 0 Å². The van der Waals surface area contributed by atoms with Crippen LogP contribution < -0.4 is 9.47 Å². The van der Waals surface area contributed by atoms with Gasteiger partial charge in [-0.15, -0.1) is 5.10 Å². The quantitative estimate of drug-likeness (QED) is 0.536. The predicted molar refractivity (Wildman–Crippen MR) is 83.6 cm³/mol. The molecule has 0 aliphatic heterocycles. The Morgan fingerprint density at radius 3 is 2.67 bits per heavy atom. The second-order valence-corrected chi connectivity index (χ2v) is 5.26. The Labute approximate surface area is 140 Å². The van der Waals surface area contributed by atoms with Gasteiger partial charge in [-0.1, -0.05) is 11.8 Å². The molecule has 0 saturated carbocycles. The van der Waals surface area contributed by atoms with Crippen molar-refractivity contribution in [3.8, 4) is 22.9 Å². The van der Waals surface area contributed by atoms with E-state index in [0.717, 1.165) is 11.8 Å². The summed E-state index contributed by atoms with van der Waals surface area (Å²) in [5.74, 6) is -0.203. The van der Waals surface area contributed by atoms with Crippen LogP contribution in [-0.2, 0) is 9.63 Å². The summed E-state index contributed by atoms with van der Waals surface area (Å²) in [5, 5.41) is 15.6. The van der Waals surface area contributed by atoms with Crippen molar-refractivity contribution < 1.29 is 29.1 Å². The number of H-pyrrole nitrogens is 1. The van der Waals surface area contributed by atoms with Crippen molar-refractivity contribution in [2.45, 2.75) is 5.16 Å². The first-order chi connectivity index (χ1) is 11.5. The number of thioether (sulfide) groups is 1. The molecule has 2 N–H and O–H groups in total. The SMILES string of the molecule is COc1cc([N+](=O)OC)cc(-c2nc(SCC(=O)O)n[nH]2)c1OC. The molecule has 0 bridgehead atoms. The van der Waals surface area contributed by atoms with E-state index < -0.39 is 5.97 Å². The Bertz CT molecular complexity index is 763. The first-order valence-electron chi connectivity index (χ1n) is 6.54. The van der Waals surface area contributed by atoms with Crippen molar-refractivity contribution in [3.63, 3.8) is 0 Å². The van der Waals surface area contributed by atoms with Crippen molar-refractivity contribution >= 4 is 23.4 Å². The van der Waals surface area contributed by atoms with E-state index in [1.54, 1.807) is 0 Å². The van der Waals surface area contributed by atoms with Gasteiger partial charge < -0.3 is 14.6 Å². The second kappa shape index (κ2) is 7.64. The monoisotopic (exact) mass is 355 g/mol. The molecule has 1 aromatic carbocycles. The number of carboxylic acid groups (broad SMARTS) is 1. The van der Waals surface area contributed by atoms with Gasteiger partial charge >= 0.3 is 11.7 Å². The zero-order valence-electron chi connectivity index (χ0n) is 13.1. The van der Waals surface area contributed by atoms with Gasteiger partial charge in [0.05, 0.1) is 36.5 Å². The number of aromatic amines is 1. The highest BCUT2D eigenvalue weighted by atomic mass is 32.2. The van der Waals surface area contributed by atoms with Gasteiger partial charge in [0.25, 0.3) is 4.92 Å². The molecular weight excluding hydrogens is 340 g/mol. The van der Waals surface area contributed by atoms with E-state index in [2.05, 4.69) is 20.0 Å². The second-order valence-electron chi connectivity index (χ2n) is 4.32. The largest absolute Gasteiger partial charge is 0.493 e. The van der Waals surface area contributed by atoms with Crippen LogP contribution in [-0.4, -0.2) is 58.3 Å². The number of ether oxygens (including phenoxy) is 2. The molecule has 128 valence electrons. The van der Waals surface area contributed by atoms with E-state index in [-0.39, 0.29) is 16.6 Å². The topological polar surface area (TPSA) is 127 Å². The zero-order valence-corrected chi connectivity index (χ0v) is 13.9. The maximum Gasteiger partial charge on any atom is 0.321 e. The Balaban J connectivity index is 2.47. The minimum absolute atomic E-state index is 0.168. The van der Waals surface area contributed by atoms with Crippen LogP contribution in [0.15, 0.2) is 17.3 Å². The molecule has 0 spiro atoms. The van der Waals surface area contributed by atoms with E-state index in [9.17, 15) is 9.70 Å². The van der Waals surface area contributed by atoms with Crippen LogP contribution in [0, 0.1) is 4.91 Å². The van der Waals surface area contributed by atoms with Crippen LogP contribution in [0.5, 0.6) is 11.5 Å². The number of rotatable bonds is 8. The Morgan fingerprint density at radius 2 is 2.08 bits per heavy atom. The highest BCUT2D eigenvalue weighted by Crippen LogP contribution is 2.40. The molecule has 2 aromatic rings. The summed E-state index contributed by atoms with van der Waals surface area (Å²) in [5.41, 5.74) is 0.584. The summed E-state index contributed by atoms with van der Waals surface area (Å²) < 4.78 is 10.6. The fraction of sp³-hybridized carbons (Fsp3) is 0.308. The summed E-state index contributed by atoms with van der Waals surface area (Å²) in [4.78, 5) is 31.5. The molecule has 0 aliphatic carbocycles. The van der Waals surface area contributed by atoms with E-state index in [4.69, 9.17) is 14.6 Å². The van der Waals surface area contributed by atoms with Crippen LogP contribution in [0.3, 0.4) is 0 Å². The molecule has 0 fully saturated rings. The zero-order chi connectivity index (χ0) is 17.7. The van der Waals surface area contributed by atoms with Crippen LogP contribution in [0.4, 0.5) is 5.69 Å². The van der Waals surface area contributed by atoms with Crippen LogP contribution in [0.2, 0.25) is 0 Å². The van der Waals surface area contributed by atoms with Crippen LogP contribution in [0.25, 0.3) is 11.4 Å². The first-order valence-corrected chi connectivity index (χ1v) is 7.53. The average Bonchev–Trinajstić information content (AvgIpc) is 3.06. The van der Waals surface area contributed by atoms with Crippen molar-refractivity contribution in [2.24, 2.45) is 0 Å². The molecule has 0 aliphatic rings. The van der Waals surface area contributed by atoms with Gasteiger partial charge in [-0.05, 0) is 0 Å². The number of carbonyl (C=O) groups is 1. The highest BCUT2D eigenvalue weighted by molar-refractivity contribution is 7.99. The number of benzene rings is 1. The summed E-state index contributed by atoms with van der Waals surface area (Å²) in [6.45, 7) is 0. The standard InChI is InChI=1S/C13H14N4O6S/c1-21-9-5-7(17(20)23-3)4-8(11(9)22-2)12-14-13(16-15-12)24-6-10(18)19/h4-5H,6H2,1-3H3,(H-,14,15,16,18,19)/p+1. The summed E-state index contributed by atoms with van der Waals surface area (Å²) in [7, 11) is 4.11. The molecule has 0 atom stereocenters. The number of nitrogens with one attached hydrogen (secondary N) is 1. The Morgan fingerprint density at radius 1 is 1.33 bits per heavy atom. The number of hydrogen-bond acceptors (Lipinski definition) is 8. The fourth-order valence-corrected chi connectivity index (χ4v) is 2.41. The summed E-state index contributed by atoms with van der Waals surface area (Å²) in [6.07, 6.45) is 0. The third kappa shape index (κ3) is 3.74. The van der Waals surface area contributed by atoms with E-state index in [1.807, 2.05) is 0 Å². The van der Waals surface area contributed by atoms with Crippen molar-refractivity contribution in [3.05, 3.63) is 17.0 Å². The molecule has 24 heavy (non-hydrogen) atoms. The van der Waals surface area contributed by atoms with E-state index in [0.29, 0.717) is 27.8 Å². The van der Waals surface area contributed by atoms with Crippen LogP contribution >= 0.6 is 11.8 Å². The minimum atomic E-state index is -0.977. The minimum Gasteiger partial charge on any atom is -0.493 e. The lowest BCUT2D eigenvalue weighted by atomic mass is 10.1. The average molecular weight is 355 g/mol. The molecule has 11 heteroatoms. The van der Waals surface area contributed by atoms with Crippen molar-refractivity contribution in [2.75, 3.05) is 27.1 Å². The smallest absolute Gasteiger partial charge is 0.321 e. The number of methoxy groups -OCH3 is 2. The Kier molecular flexibility index (Phi) is 5.58. The maximum absolute atomic E-state index is 11.7. The Hall–Kier alpha value is -2.82. The van der Waals surface area contributed by atoms with Gasteiger partial charge in [0.15, 0.2) is 24.4 Å². The number of nitrogens with zero attached hydrogens (tertiary/aromatic N) is 3. The van der Waals surface area contributed by atoms with Gasteiger partial charge in [-0.2, -0.15) is 0 Å². The molecular formula is C13H15N4O6S+. The molecule has 10 nitrogen and oxygen atoms in total. The van der Waals surface area contributed by atoms with E-state index in [1.165, 1.54) is 33.5 Å². The number of hydrogen-bond donors (Lipinski definition) is 2. The summed E-state index contributed by atoms with van der Waals surface area (Å²) >= 11 is 0.961. The van der Waals surface area contributed by atoms with Gasteiger partial charge in [0, 0.05) is 6.07 Å². The maximum atomic E-state index is 11.7. The lowest BCUT2D eigenvalue weighted by Crippen LogP contribution is -2.01. The van der Waals surface area contributed by atoms with Gasteiger partial charge in [0.2, 0.25) is 5.16 Å². The fourth-order valence-electron chi connectivity index (χ4n) is 1.89. The van der Waals surface area contributed by atoms with Gasteiger partial charge in [0.1, 0.15) is 0 Å². The van der Waals surface area contributed by atoms with Crippen LogP contribution in [0.1, 0.15) is 0 Å². The lowest BCUT2D eigenvalue weighted by molar-refractivity contribution is -0.736. The third-order valence-electron chi connectivity index (χ3n) is 2.89. The summed E-state index contributed by atoms with van der Waals surface area (Å²) in [6, 6.07) is 2.94. The third-order valence-corrected chi connectivity index (χ3v) is 3.72. The first kappa shape index (κ1) is 17.5. The number of aliphatic carboxylic acids is 1. The molecule has 2 rings (SSSR count). The molecule has 1 heterocycles. The molecule has 0 unspecified atom stereocenters. The molecule has 0 saturated heterocycles. The van der Waals surface area contributed by atoms with Crippen molar-refractivity contribution in [1.82, 2.24) is 15.2 Å². The number of carboxylic acids is 1. The lowest BCUT2D eigenvalue weighted by Gasteiger charge is -2.10. The molecule has 0 amide bonds. The number of aromatic nitrogens is 3. The van der Waals surface area contributed by atoms with Gasteiger partial charge in [-0.3, -0.25) is 9.89 Å². The normalized spacial score (nSPS) is 10.3.